The molecular weight excluding hydrogens is 731 g/mol. The van der Waals surface area contributed by atoms with Crippen LogP contribution >= 0.6 is 0 Å². The molecule has 8 rings (SSSR count). The van der Waals surface area contributed by atoms with Crippen LogP contribution in [0.1, 0.15) is 118 Å². The standard InChI is InChI=1S/C56H57N3O/c1-35-20-23-37(24-21-35)39-26-27-57-48(32-39)41-29-40(30-42(31-41)54(3,4)5)44-18-15-19-50-51(44)58-53(46-33-43(55(6,7)8)34-47(52(46)60)56(9,10)11)59(50)49-25-22-36(2)28-45(49)38-16-13-12-14-17-38/h12-34,60H,1-11H3/i2D3,6D3,7D3,8D3,9D3,10D3,11D3. The summed E-state index contributed by atoms with van der Waals surface area (Å²) < 4.78 is 184. The van der Waals surface area contributed by atoms with Crippen LogP contribution in [0.2, 0.25) is 0 Å². The van der Waals surface area contributed by atoms with Crippen molar-refractivity contribution >= 4 is 11.0 Å². The maximum Gasteiger partial charge on any atom is 0.149 e. The summed E-state index contributed by atoms with van der Waals surface area (Å²) in [6, 6.07) is 35.9. The van der Waals surface area contributed by atoms with E-state index < -0.39 is 92.5 Å². The molecule has 0 unspecified atom stereocenters. The zero-order valence-corrected chi connectivity index (χ0v) is 33.6. The van der Waals surface area contributed by atoms with E-state index in [1.54, 1.807) is 54.7 Å². The molecule has 0 fully saturated rings. The molecule has 0 radical (unpaired) electrons. The van der Waals surface area contributed by atoms with Crippen molar-refractivity contribution in [2.45, 2.75) is 91.9 Å². The quantitative estimate of drug-likeness (QED) is 0.182. The van der Waals surface area contributed by atoms with Gasteiger partial charge in [-0.15, -0.1) is 0 Å². The molecule has 0 aliphatic heterocycles. The van der Waals surface area contributed by atoms with Crippen molar-refractivity contribution in [2.24, 2.45) is 0 Å². The minimum Gasteiger partial charge on any atom is -0.507 e. The second kappa shape index (κ2) is 15.1. The molecule has 2 aromatic heterocycles. The number of nitrogens with zero attached hydrogens (tertiary/aromatic N) is 3. The summed E-state index contributed by atoms with van der Waals surface area (Å²) >= 11 is 0. The van der Waals surface area contributed by atoms with Crippen LogP contribution in [-0.2, 0) is 16.2 Å². The zero-order valence-electron chi connectivity index (χ0n) is 54.6. The molecule has 0 amide bonds. The molecule has 4 nitrogen and oxygen atoms in total. The van der Waals surface area contributed by atoms with E-state index in [0.29, 0.717) is 34.0 Å². The van der Waals surface area contributed by atoms with E-state index in [4.69, 9.17) is 38.8 Å². The lowest BCUT2D eigenvalue weighted by Crippen LogP contribution is -2.17. The Hall–Kier alpha value is -6.26. The largest absolute Gasteiger partial charge is 0.507 e. The minimum atomic E-state index is -4.20. The van der Waals surface area contributed by atoms with Crippen molar-refractivity contribution in [3.63, 3.8) is 0 Å². The molecule has 302 valence electrons. The van der Waals surface area contributed by atoms with Gasteiger partial charge in [0.25, 0.3) is 0 Å². The summed E-state index contributed by atoms with van der Waals surface area (Å²) in [6.07, 6.45) is 1.69. The second-order valence-corrected chi connectivity index (χ2v) is 16.3. The van der Waals surface area contributed by atoms with Crippen molar-refractivity contribution in [3.05, 3.63) is 167 Å². The number of fused-ring (bicyclic) bond motifs is 1. The molecule has 0 saturated heterocycles. The number of phenolic OH excluding ortho intramolecular Hbond substituents is 1. The lowest BCUT2D eigenvalue weighted by atomic mass is 9.79. The van der Waals surface area contributed by atoms with Gasteiger partial charge in [-0.3, -0.25) is 9.55 Å². The normalized spacial score (nSPS) is 19.0. The van der Waals surface area contributed by atoms with Crippen molar-refractivity contribution in [1.29, 1.82) is 0 Å². The van der Waals surface area contributed by atoms with Gasteiger partial charge in [-0.05, 0) is 112 Å². The van der Waals surface area contributed by atoms with Gasteiger partial charge in [0.15, 0.2) is 0 Å². The van der Waals surface area contributed by atoms with Gasteiger partial charge in [-0.1, -0.05) is 158 Å². The molecule has 0 aliphatic carbocycles. The first kappa shape index (κ1) is 22.4. The molecule has 1 N–H and O–H groups in total. The summed E-state index contributed by atoms with van der Waals surface area (Å²) in [5, 5.41) is 13.0. The highest BCUT2D eigenvalue weighted by Crippen LogP contribution is 2.46. The second-order valence-electron chi connectivity index (χ2n) is 16.3. The Morgan fingerprint density at radius 1 is 0.550 bits per heavy atom. The van der Waals surface area contributed by atoms with Gasteiger partial charge in [0, 0.05) is 57.2 Å². The van der Waals surface area contributed by atoms with Crippen molar-refractivity contribution < 1.29 is 33.9 Å². The monoisotopic (exact) mass is 809 g/mol. The molecule has 4 heteroatoms. The smallest absolute Gasteiger partial charge is 0.149 e. The third-order valence-corrected chi connectivity index (χ3v) is 10.7. The third-order valence-electron chi connectivity index (χ3n) is 10.7. The Balaban J connectivity index is 1.62. The fraction of sp³-hybridized carbons (Fsp3) is 0.250. The lowest BCUT2D eigenvalue weighted by molar-refractivity contribution is 0.446. The van der Waals surface area contributed by atoms with E-state index in [1.807, 2.05) is 82.3 Å². The number of pyridine rings is 1. The average molecular weight is 809 g/mol. The number of rotatable bonds is 6. The molecule has 0 bridgehead atoms. The van der Waals surface area contributed by atoms with Crippen LogP contribution in [0, 0.1) is 13.8 Å². The molecule has 0 aliphatic rings. The maximum atomic E-state index is 13.0. The van der Waals surface area contributed by atoms with Gasteiger partial charge in [0.05, 0.1) is 28.0 Å². The van der Waals surface area contributed by atoms with Crippen molar-refractivity contribution in [3.8, 4) is 67.5 Å². The molecule has 60 heavy (non-hydrogen) atoms. The van der Waals surface area contributed by atoms with Gasteiger partial charge in [0.2, 0.25) is 0 Å². The predicted octanol–water partition coefficient (Wildman–Crippen LogP) is 15.0. The number of phenols is 1. The maximum absolute atomic E-state index is 13.0. The molecule has 2 heterocycles. The highest BCUT2D eigenvalue weighted by Gasteiger charge is 2.29. The Kier molecular flexibility index (Phi) is 5.63. The molecule has 8 aromatic rings. The number of aromatic hydroxyl groups is 1. The van der Waals surface area contributed by atoms with Gasteiger partial charge in [-0.2, -0.15) is 0 Å². The number of hydrogen-bond donors (Lipinski definition) is 1. The number of aromatic nitrogens is 3. The predicted molar refractivity (Wildman–Crippen MR) is 253 cm³/mol. The first-order chi connectivity index (χ1) is 37.1. The van der Waals surface area contributed by atoms with Crippen LogP contribution in [0.15, 0.2) is 140 Å². The Bertz CT molecular complexity index is 3590. The summed E-state index contributed by atoms with van der Waals surface area (Å²) in [4.78, 5) is 9.88. The highest BCUT2D eigenvalue weighted by atomic mass is 16.3. The number of hydrogen-bond acceptors (Lipinski definition) is 3. The zero-order chi connectivity index (χ0) is 60.2. The van der Waals surface area contributed by atoms with E-state index in [1.165, 1.54) is 22.8 Å². The van der Waals surface area contributed by atoms with E-state index in [2.05, 4.69) is 0 Å². The number of para-hydroxylation sites is 1. The first-order valence-corrected chi connectivity index (χ1v) is 19.4. The molecule has 6 aromatic carbocycles. The highest BCUT2D eigenvalue weighted by molar-refractivity contribution is 5.98. The minimum absolute atomic E-state index is 0.0820. The molecule has 0 spiro atoms. The van der Waals surface area contributed by atoms with E-state index in [-0.39, 0.29) is 33.9 Å². The van der Waals surface area contributed by atoms with Gasteiger partial charge >= 0.3 is 0 Å². The molecule has 0 atom stereocenters. The fourth-order valence-corrected chi connectivity index (χ4v) is 7.52. The topological polar surface area (TPSA) is 50.9 Å². The van der Waals surface area contributed by atoms with Crippen LogP contribution < -0.4 is 0 Å². The summed E-state index contributed by atoms with van der Waals surface area (Å²) in [7, 11) is 0. The summed E-state index contributed by atoms with van der Waals surface area (Å²) in [6.45, 7) is -19.5. The Morgan fingerprint density at radius 2 is 1.27 bits per heavy atom. The lowest BCUT2D eigenvalue weighted by Gasteiger charge is -2.27. The van der Waals surface area contributed by atoms with Crippen LogP contribution in [0.25, 0.3) is 72.7 Å². The van der Waals surface area contributed by atoms with Gasteiger partial charge < -0.3 is 5.11 Å². The van der Waals surface area contributed by atoms with E-state index >= 15 is 0 Å². The van der Waals surface area contributed by atoms with Gasteiger partial charge in [-0.25, -0.2) is 4.98 Å². The number of imidazole rings is 1. The SMILES string of the molecule is [2H]C([2H])([2H])c1ccc(-n2c(-c3cc(C(C([2H])([2H])[2H])(C([2H])([2H])[2H])C([2H])([2H])[2H])cc(C(C([2H])([2H])[2H])(C([2H])([2H])[2H])C([2H])([2H])[2H])c3O)nc3c(-c4cc(-c5cc(-c6ccc(C)cc6)ccn5)cc(C(C)(C)C)c4)cccc32)c(-c2ccccc2)c1. The third kappa shape index (κ3) is 7.79. The van der Waals surface area contributed by atoms with Crippen LogP contribution in [0.4, 0.5) is 0 Å². The summed E-state index contributed by atoms with van der Waals surface area (Å²) in [5.74, 6) is -1.98. The summed E-state index contributed by atoms with van der Waals surface area (Å²) in [5.41, 5.74) is -5.74. The van der Waals surface area contributed by atoms with Crippen molar-refractivity contribution in [2.75, 3.05) is 0 Å². The van der Waals surface area contributed by atoms with Gasteiger partial charge in [0.1, 0.15) is 11.6 Å². The van der Waals surface area contributed by atoms with E-state index in [0.717, 1.165) is 22.3 Å². The number of benzene rings is 6. The fourth-order valence-electron chi connectivity index (χ4n) is 7.52. The average Bonchev–Trinajstić information content (AvgIpc) is 3.03. The Morgan fingerprint density at radius 3 is 1.98 bits per heavy atom. The van der Waals surface area contributed by atoms with Crippen LogP contribution in [0.3, 0.4) is 0 Å². The van der Waals surface area contributed by atoms with Crippen LogP contribution in [0.5, 0.6) is 5.75 Å². The van der Waals surface area contributed by atoms with Crippen LogP contribution in [-0.4, -0.2) is 19.6 Å². The molecule has 0 saturated carbocycles. The Labute approximate surface area is 386 Å². The first-order valence-electron chi connectivity index (χ1n) is 29.9. The molecular formula is C56H57N3O. The number of aryl methyl sites for hydroxylation is 2. The van der Waals surface area contributed by atoms with Crippen molar-refractivity contribution in [1.82, 2.24) is 14.5 Å². The van der Waals surface area contributed by atoms with E-state index in [9.17, 15) is 5.11 Å².